The molecule has 1 unspecified atom stereocenters. The van der Waals surface area contributed by atoms with Gasteiger partial charge in [0.2, 0.25) is 11.8 Å². The van der Waals surface area contributed by atoms with E-state index in [0.29, 0.717) is 0 Å². The van der Waals surface area contributed by atoms with E-state index in [1.165, 1.54) is 18.2 Å². The summed E-state index contributed by atoms with van der Waals surface area (Å²) in [5.74, 6) is -0.103. The van der Waals surface area contributed by atoms with Gasteiger partial charge in [0, 0.05) is 0 Å². The van der Waals surface area contributed by atoms with E-state index in [1.807, 2.05) is 0 Å². The van der Waals surface area contributed by atoms with Gasteiger partial charge >= 0.3 is 6.18 Å². The molecule has 0 spiro atoms. The number of aromatic nitrogens is 2. The summed E-state index contributed by atoms with van der Waals surface area (Å²) in [5.41, 5.74) is -0.969. The first kappa shape index (κ1) is 12.9. The lowest BCUT2D eigenvalue weighted by molar-refractivity contribution is -0.137. The average Bonchev–Trinajstić information content (AvgIpc) is 2.77. The lowest BCUT2D eigenvalue weighted by Crippen LogP contribution is -2.06. The zero-order chi connectivity index (χ0) is 13.3. The molecule has 0 saturated heterocycles. The quantitative estimate of drug-likeness (QED) is 0.777. The van der Waals surface area contributed by atoms with Crippen LogP contribution in [0.4, 0.5) is 13.2 Å². The molecule has 1 aromatic heterocycles. The Bertz CT molecular complexity index is 551. The third kappa shape index (κ3) is 2.48. The van der Waals surface area contributed by atoms with Gasteiger partial charge in [0.05, 0.1) is 11.1 Å². The number of rotatable bonds is 2. The molecule has 1 heterocycles. The highest BCUT2D eigenvalue weighted by molar-refractivity contribution is 6.20. The topological polar surface area (TPSA) is 38.9 Å². The summed E-state index contributed by atoms with van der Waals surface area (Å²) >= 11 is 5.72. The van der Waals surface area contributed by atoms with Crippen molar-refractivity contribution in [3.8, 4) is 11.5 Å². The van der Waals surface area contributed by atoms with Gasteiger partial charge in [-0.05, 0) is 19.1 Å². The summed E-state index contributed by atoms with van der Waals surface area (Å²) in [5, 5.41) is 6.63. The lowest BCUT2D eigenvalue weighted by atomic mass is 10.1. The molecule has 0 N–H and O–H groups in total. The Kier molecular flexibility index (Phi) is 3.30. The van der Waals surface area contributed by atoms with Crippen LogP contribution in [0, 0.1) is 0 Å². The van der Waals surface area contributed by atoms with E-state index in [2.05, 4.69) is 10.2 Å². The molecule has 0 saturated carbocycles. The van der Waals surface area contributed by atoms with Crippen LogP contribution in [0.1, 0.15) is 23.8 Å². The molecule has 0 bridgehead atoms. The first-order chi connectivity index (χ1) is 8.39. The molecule has 0 amide bonds. The summed E-state index contributed by atoms with van der Waals surface area (Å²) in [6.07, 6.45) is -4.47. The van der Waals surface area contributed by atoms with Crippen molar-refractivity contribution in [2.75, 3.05) is 0 Å². The van der Waals surface area contributed by atoms with E-state index < -0.39 is 17.1 Å². The van der Waals surface area contributed by atoms with Crippen LogP contribution in [-0.4, -0.2) is 10.2 Å². The van der Waals surface area contributed by atoms with Gasteiger partial charge in [0.15, 0.2) is 0 Å². The first-order valence-electron chi connectivity index (χ1n) is 5.03. The van der Waals surface area contributed by atoms with E-state index in [0.717, 1.165) is 6.07 Å². The number of hydrogen-bond acceptors (Lipinski definition) is 3. The Morgan fingerprint density at radius 3 is 2.44 bits per heavy atom. The third-order valence-electron chi connectivity index (χ3n) is 2.24. The van der Waals surface area contributed by atoms with Crippen LogP contribution in [-0.2, 0) is 6.18 Å². The molecule has 0 aliphatic carbocycles. The molecule has 0 fully saturated rings. The Morgan fingerprint density at radius 1 is 1.22 bits per heavy atom. The maximum Gasteiger partial charge on any atom is 0.417 e. The third-order valence-corrected chi connectivity index (χ3v) is 2.43. The van der Waals surface area contributed by atoms with E-state index in [-0.39, 0.29) is 17.3 Å². The summed E-state index contributed by atoms with van der Waals surface area (Å²) in [6, 6.07) is 5.01. The van der Waals surface area contributed by atoms with Crippen LogP contribution in [0.5, 0.6) is 0 Å². The Balaban J connectivity index is 2.50. The molecule has 0 aliphatic heterocycles. The minimum absolute atomic E-state index is 0.0867. The van der Waals surface area contributed by atoms with E-state index in [1.54, 1.807) is 6.92 Å². The smallest absolute Gasteiger partial charge is 0.417 e. The van der Waals surface area contributed by atoms with Gasteiger partial charge in [-0.2, -0.15) is 13.2 Å². The van der Waals surface area contributed by atoms with Gasteiger partial charge in [-0.15, -0.1) is 21.8 Å². The predicted molar refractivity (Wildman–Crippen MR) is 59.0 cm³/mol. The fourth-order valence-electron chi connectivity index (χ4n) is 1.42. The molecule has 0 aliphatic rings. The van der Waals surface area contributed by atoms with E-state index >= 15 is 0 Å². The van der Waals surface area contributed by atoms with Crippen molar-refractivity contribution < 1.29 is 17.6 Å². The van der Waals surface area contributed by atoms with Crippen LogP contribution in [0.25, 0.3) is 11.5 Å². The van der Waals surface area contributed by atoms with Crippen LogP contribution in [0.2, 0.25) is 0 Å². The number of nitrogens with zero attached hydrogens (tertiary/aromatic N) is 2. The van der Waals surface area contributed by atoms with Gasteiger partial charge in [-0.3, -0.25) is 0 Å². The molecule has 18 heavy (non-hydrogen) atoms. The van der Waals surface area contributed by atoms with Crippen molar-refractivity contribution >= 4 is 11.6 Å². The molecule has 2 rings (SSSR count). The van der Waals surface area contributed by atoms with Gasteiger partial charge in [-0.25, -0.2) is 0 Å². The molecular formula is C11H8ClF3N2O. The normalized spacial score (nSPS) is 13.6. The molecule has 1 aromatic carbocycles. The Labute approximate surface area is 106 Å². The molecular weight excluding hydrogens is 269 g/mol. The maximum atomic E-state index is 12.8. The minimum Gasteiger partial charge on any atom is -0.419 e. The fourth-order valence-corrected chi connectivity index (χ4v) is 1.51. The molecule has 2 aromatic rings. The number of hydrogen-bond donors (Lipinski definition) is 0. The zero-order valence-corrected chi connectivity index (χ0v) is 9.96. The van der Waals surface area contributed by atoms with Crippen LogP contribution < -0.4 is 0 Å². The van der Waals surface area contributed by atoms with Gasteiger partial charge < -0.3 is 4.42 Å². The second-order valence-corrected chi connectivity index (χ2v) is 4.26. The van der Waals surface area contributed by atoms with Crippen molar-refractivity contribution in [2.24, 2.45) is 0 Å². The van der Waals surface area contributed by atoms with Crippen LogP contribution >= 0.6 is 11.6 Å². The van der Waals surface area contributed by atoms with Crippen molar-refractivity contribution in [2.45, 2.75) is 18.5 Å². The monoisotopic (exact) mass is 276 g/mol. The van der Waals surface area contributed by atoms with Crippen molar-refractivity contribution in [1.82, 2.24) is 10.2 Å². The number of benzene rings is 1. The highest BCUT2D eigenvalue weighted by Crippen LogP contribution is 2.36. The Hall–Kier alpha value is -1.56. The predicted octanol–water partition coefficient (Wildman–Crippen LogP) is 4.06. The van der Waals surface area contributed by atoms with Crippen molar-refractivity contribution in [1.29, 1.82) is 0 Å². The summed E-state index contributed by atoms with van der Waals surface area (Å²) in [4.78, 5) is 0. The molecule has 7 heteroatoms. The number of alkyl halides is 4. The average molecular weight is 277 g/mol. The molecule has 96 valence electrons. The lowest BCUT2D eigenvalue weighted by Gasteiger charge is -2.09. The highest BCUT2D eigenvalue weighted by atomic mass is 35.5. The van der Waals surface area contributed by atoms with Gasteiger partial charge in [-0.1, -0.05) is 12.1 Å². The van der Waals surface area contributed by atoms with E-state index in [4.69, 9.17) is 16.0 Å². The van der Waals surface area contributed by atoms with Crippen molar-refractivity contribution in [3.05, 3.63) is 35.7 Å². The van der Waals surface area contributed by atoms with Gasteiger partial charge in [0.25, 0.3) is 0 Å². The van der Waals surface area contributed by atoms with Crippen molar-refractivity contribution in [3.63, 3.8) is 0 Å². The standard InChI is InChI=1S/C11H8ClF3N2O/c1-6(12)9-16-17-10(18-9)7-4-2-3-5-8(7)11(13,14)15/h2-6H,1H3. The summed E-state index contributed by atoms with van der Waals surface area (Å²) in [6.45, 7) is 1.59. The first-order valence-corrected chi connectivity index (χ1v) is 5.47. The van der Waals surface area contributed by atoms with E-state index in [9.17, 15) is 13.2 Å². The molecule has 3 nitrogen and oxygen atoms in total. The second-order valence-electron chi connectivity index (χ2n) is 3.60. The minimum atomic E-state index is -4.47. The zero-order valence-electron chi connectivity index (χ0n) is 9.20. The SMILES string of the molecule is CC(Cl)c1nnc(-c2ccccc2C(F)(F)F)o1. The fraction of sp³-hybridized carbons (Fsp3) is 0.273. The number of halogens is 4. The summed E-state index contributed by atoms with van der Waals surface area (Å²) in [7, 11) is 0. The van der Waals surface area contributed by atoms with Gasteiger partial charge in [0.1, 0.15) is 5.38 Å². The molecule has 1 atom stereocenters. The van der Waals surface area contributed by atoms with Crippen LogP contribution in [0.3, 0.4) is 0 Å². The maximum absolute atomic E-state index is 12.8. The highest BCUT2D eigenvalue weighted by Gasteiger charge is 2.34. The summed E-state index contributed by atoms with van der Waals surface area (Å²) < 4.78 is 43.5. The Morgan fingerprint density at radius 2 is 1.89 bits per heavy atom. The molecule has 0 radical (unpaired) electrons. The largest absolute Gasteiger partial charge is 0.419 e. The van der Waals surface area contributed by atoms with Crippen LogP contribution in [0.15, 0.2) is 28.7 Å². The second kappa shape index (κ2) is 4.61.